The average Bonchev–Trinajstić information content (AvgIpc) is 3.07. The summed E-state index contributed by atoms with van der Waals surface area (Å²) in [5.41, 5.74) is 0.846. The third kappa shape index (κ3) is 5.57. The fourth-order valence-electron chi connectivity index (χ4n) is 3.25. The third-order valence-corrected chi connectivity index (χ3v) is 4.55. The number of carbonyl (C=O) groups excluding carboxylic acids is 1. The van der Waals surface area contributed by atoms with Crippen LogP contribution in [0.25, 0.3) is 11.0 Å². The van der Waals surface area contributed by atoms with Gasteiger partial charge in [0, 0.05) is 6.54 Å². The van der Waals surface area contributed by atoms with E-state index in [4.69, 9.17) is 4.74 Å². The van der Waals surface area contributed by atoms with Gasteiger partial charge in [-0.15, -0.1) is 0 Å². The van der Waals surface area contributed by atoms with Crippen LogP contribution in [0.15, 0.2) is 48.5 Å². The monoisotopic (exact) mass is 449 g/mol. The molecule has 0 bridgehead atoms. The predicted octanol–water partition coefficient (Wildman–Crippen LogP) is 3.96. The van der Waals surface area contributed by atoms with Crippen LogP contribution in [0.2, 0.25) is 0 Å². The molecule has 0 spiro atoms. The minimum Gasteiger partial charge on any atom is -0.491 e. The molecule has 170 valence electrons. The Morgan fingerprint density at radius 3 is 2.38 bits per heavy atom. The number of alkyl halides is 3. The van der Waals surface area contributed by atoms with E-state index < -0.39 is 37.0 Å². The number of imidazole rings is 1. The van der Waals surface area contributed by atoms with Crippen LogP contribution in [0.5, 0.6) is 5.75 Å². The summed E-state index contributed by atoms with van der Waals surface area (Å²) in [6.07, 6.45) is -4.80. The molecule has 3 aromatic rings. The zero-order valence-corrected chi connectivity index (χ0v) is 17.5. The van der Waals surface area contributed by atoms with Gasteiger partial charge < -0.3 is 19.3 Å². The molecule has 0 atom stereocenters. The summed E-state index contributed by atoms with van der Waals surface area (Å²) in [7, 11) is 0. The van der Waals surface area contributed by atoms with Crippen molar-refractivity contribution >= 4 is 22.9 Å². The normalized spacial score (nSPS) is 11.7. The summed E-state index contributed by atoms with van der Waals surface area (Å²) in [6.45, 7) is 2.31. The highest BCUT2D eigenvalue weighted by Gasteiger charge is 2.38. The third-order valence-electron chi connectivity index (χ3n) is 4.55. The minimum absolute atomic E-state index is 0.0289. The number of rotatable bonds is 8. The Kier molecular flexibility index (Phi) is 6.71. The lowest BCUT2D eigenvalue weighted by Gasteiger charge is -2.22. The Balaban J connectivity index is 1.86. The summed E-state index contributed by atoms with van der Waals surface area (Å²) in [5.74, 6) is -2.65. The van der Waals surface area contributed by atoms with E-state index in [1.807, 2.05) is 13.8 Å². The van der Waals surface area contributed by atoms with Crippen LogP contribution >= 0.6 is 0 Å². The number of carbonyl (C=O) groups is 2. The van der Waals surface area contributed by atoms with Gasteiger partial charge in [0.15, 0.2) is 0 Å². The van der Waals surface area contributed by atoms with E-state index in [-0.39, 0.29) is 23.7 Å². The maximum absolute atomic E-state index is 13.5. The molecule has 1 heterocycles. The number of nitrogens with zero attached hydrogens (tertiary/aromatic N) is 3. The van der Waals surface area contributed by atoms with Gasteiger partial charge in [-0.2, -0.15) is 13.2 Å². The molecule has 0 saturated heterocycles. The highest BCUT2D eigenvalue weighted by atomic mass is 19.4. The number of carboxylic acids is 1. The van der Waals surface area contributed by atoms with Crippen molar-refractivity contribution in [1.82, 2.24) is 14.5 Å². The summed E-state index contributed by atoms with van der Waals surface area (Å²) < 4.78 is 46.8. The zero-order chi connectivity index (χ0) is 23.5. The van der Waals surface area contributed by atoms with E-state index in [0.717, 1.165) is 9.47 Å². The van der Waals surface area contributed by atoms with Crippen molar-refractivity contribution in [3.8, 4) is 5.75 Å². The number of carboxylic acid groups (broad SMARTS) is 1. The first-order chi connectivity index (χ1) is 15.0. The lowest BCUT2D eigenvalue weighted by atomic mass is 10.2. The Morgan fingerprint density at radius 1 is 1.12 bits per heavy atom. The molecule has 1 N–H and O–H groups in total. The minimum atomic E-state index is -4.77. The lowest BCUT2D eigenvalue weighted by Crippen LogP contribution is -2.38. The first kappa shape index (κ1) is 23.1. The quantitative estimate of drug-likeness (QED) is 0.563. The van der Waals surface area contributed by atoms with Crippen LogP contribution < -0.4 is 4.74 Å². The van der Waals surface area contributed by atoms with Crippen molar-refractivity contribution in [3.05, 3.63) is 59.9 Å². The van der Waals surface area contributed by atoms with Gasteiger partial charge in [-0.05, 0) is 43.7 Å². The van der Waals surface area contributed by atoms with Crippen LogP contribution in [-0.4, -0.2) is 44.1 Å². The number of amides is 1. The molecule has 32 heavy (non-hydrogen) atoms. The number of hydrogen-bond acceptors (Lipinski definition) is 4. The Morgan fingerprint density at radius 2 is 1.78 bits per heavy atom. The largest absolute Gasteiger partial charge is 0.491 e. The number of fused-ring (bicyclic) bond motifs is 1. The highest BCUT2D eigenvalue weighted by molar-refractivity contribution is 5.84. The van der Waals surface area contributed by atoms with Crippen LogP contribution in [0, 0.1) is 0 Å². The highest BCUT2D eigenvalue weighted by Crippen LogP contribution is 2.31. The topological polar surface area (TPSA) is 84.7 Å². The van der Waals surface area contributed by atoms with Crippen LogP contribution in [0.3, 0.4) is 0 Å². The number of aromatic nitrogens is 2. The van der Waals surface area contributed by atoms with Crippen molar-refractivity contribution in [1.29, 1.82) is 0 Å². The van der Waals surface area contributed by atoms with Crippen molar-refractivity contribution in [3.63, 3.8) is 0 Å². The predicted molar refractivity (Wildman–Crippen MR) is 110 cm³/mol. The molecular weight excluding hydrogens is 427 g/mol. The van der Waals surface area contributed by atoms with Gasteiger partial charge in [0.2, 0.25) is 11.7 Å². The van der Waals surface area contributed by atoms with E-state index in [0.29, 0.717) is 11.3 Å². The van der Waals surface area contributed by atoms with Crippen LogP contribution in [-0.2, 0) is 28.9 Å². The fraction of sp³-hybridized carbons (Fsp3) is 0.318. The van der Waals surface area contributed by atoms with Gasteiger partial charge in [-0.25, -0.2) is 4.98 Å². The van der Waals surface area contributed by atoms with Crippen molar-refractivity contribution < 1.29 is 32.6 Å². The fourth-order valence-corrected chi connectivity index (χ4v) is 3.25. The van der Waals surface area contributed by atoms with Crippen LogP contribution in [0.1, 0.15) is 25.2 Å². The van der Waals surface area contributed by atoms with Gasteiger partial charge in [0.1, 0.15) is 18.8 Å². The number of para-hydroxylation sites is 2. The smallest absolute Gasteiger partial charge is 0.449 e. The van der Waals surface area contributed by atoms with Gasteiger partial charge in [-0.1, -0.05) is 24.3 Å². The van der Waals surface area contributed by atoms with Gasteiger partial charge in [0.25, 0.3) is 0 Å². The van der Waals surface area contributed by atoms with Crippen molar-refractivity contribution in [2.24, 2.45) is 0 Å². The van der Waals surface area contributed by atoms with Crippen molar-refractivity contribution in [2.75, 3.05) is 6.54 Å². The number of hydrogen-bond donors (Lipinski definition) is 1. The average molecular weight is 449 g/mol. The first-order valence-corrected chi connectivity index (χ1v) is 9.82. The maximum Gasteiger partial charge on any atom is 0.449 e. The Bertz CT molecular complexity index is 1110. The molecule has 0 fully saturated rings. The summed E-state index contributed by atoms with van der Waals surface area (Å²) >= 11 is 0. The molecule has 3 rings (SSSR count). The first-order valence-electron chi connectivity index (χ1n) is 9.82. The molecule has 2 aromatic carbocycles. The van der Waals surface area contributed by atoms with Gasteiger partial charge >= 0.3 is 12.1 Å². The molecule has 0 aliphatic heterocycles. The second kappa shape index (κ2) is 9.29. The van der Waals surface area contributed by atoms with E-state index >= 15 is 0 Å². The van der Waals surface area contributed by atoms with E-state index in [9.17, 15) is 27.9 Å². The van der Waals surface area contributed by atoms with E-state index in [1.165, 1.54) is 12.1 Å². The molecular formula is C22H22F3N3O4. The number of benzene rings is 2. The van der Waals surface area contributed by atoms with Gasteiger partial charge in [-0.3, -0.25) is 9.59 Å². The molecule has 0 saturated carbocycles. The summed E-state index contributed by atoms with van der Waals surface area (Å²) in [4.78, 5) is 28.8. The standard InChI is InChI=1S/C22H22F3N3O4/c1-14(2)32-16-9-7-15(8-10-16)11-27(13-20(30)31)19(29)12-28-18-6-4-3-5-17(18)26-21(28)22(23,24)25/h3-10,14H,11-13H2,1-2H3,(H,30,31). The maximum atomic E-state index is 13.5. The Labute approximate surface area is 182 Å². The number of ether oxygens (including phenoxy) is 1. The summed E-state index contributed by atoms with van der Waals surface area (Å²) in [5, 5.41) is 9.22. The Hall–Kier alpha value is -3.56. The molecule has 1 amide bonds. The molecule has 1 aromatic heterocycles. The lowest BCUT2D eigenvalue weighted by molar-refractivity contribution is -0.150. The second-order valence-corrected chi connectivity index (χ2v) is 7.46. The molecule has 0 aliphatic rings. The summed E-state index contributed by atoms with van der Waals surface area (Å²) in [6, 6.07) is 12.7. The molecule has 0 aliphatic carbocycles. The van der Waals surface area contributed by atoms with E-state index in [1.54, 1.807) is 36.4 Å². The molecule has 7 nitrogen and oxygen atoms in total. The van der Waals surface area contributed by atoms with Crippen molar-refractivity contribution in [2.45, 2.75) is 39.2 Å². The molecule has 0 radical (unpaired) electrons. The zero-order valence-electron chi connectivity index (χ0n) is 17.5. The SMILES string of the molecule is CC(C)Oc1ccc(CN(CC(=O)O)C(=O)Cn2c(C(F)(F)F)nc3ccccc32)cc1. The van der Waals surface area contributed by atoms with E-state index in [2.05, 4.69) is 4.98 Å². The molecule has 0 unspecified atom stereocenters. The second-order valence-electron chi connectivity index (χ2n) is 7.46. The number of aliphatic carboxylic acids is 1. The van der Waals surface area contributed by atoms with Crippen LogP contribution in [0.4, 0.5) is 13.2 Å². The van der Waals surface area contributed by atoms with Gasteiger partial charge in [0.05, 0.1) is 17.1 Å². The number of halogens is 3. The molecule has 10 heteroatoms.